The van der Waals surface area contributed by atoms with Crippen molar-refractivity contribution in [3.63, 3.8) is 0 Å². The van der Waals surface area contributed by atoms with Crippen LogP contribution in [-0.2, 0) is 20.7 Å². The van der Waals surface area contributed by atoms with Gasteiger partial charge in [0.05, 0.1) is 19.8 Å². The Morgan fingerprint density at radius 3 is 2.53 bits per heavy atom. The number of carbonyl (C=O) groups excluding carboxylic acids is 2. The van der Waals surface area contributed by atoms with Gasteiger partial charge >= 0.3 is 5.97 Å². The lowest BCUT2D eigenvalue weighted by Crippen LogP contribution is -2.45. The van der Waals surface area contributed by atoms with Gasteiger partial charge in [-0.2, -0.15) is 0 Å². The highest BCUT2D eigenvalue weighted by atomic mass is 19.1. The molecule has 0 bridgehead atoms. The topological polar surface area (TPSA) is 127 Å². The van der Waals surface area contributed by atoms with Crippen LogP contribution in [0, 0.1) is 17.7 Å². The molecule has 1 aliphatic heterocycles. The SMILES string of the molecule is CC(C)CO.COc1ccnc(C(=O)N[C@H]2COCC(Cc3ccc(F)cc3)CC(C)OC2=O)c1O. The summed E-state index contributed by atoms with van der Waals surface area (Å²) in [7, 11) is 1.35. The van der Waals surface area contributed by atoms with Gasteiger partial charge in [-0.25, -0.2) is 14.2 Å². The van der Waals surface area contributed by atoms with Gasteiger partial charge in [-0.15, -0.1) is 0 Å². The highest BCUT2D eigenvalue weighted by Gasteiger charge is 2.30. The van der Waals surface area contributed by atoms with Crippen molar-refractivity contribution in [2.24, 2.45) is 11.8 Å². The molecule has 2 unspecified atom stereocenters. The summed E-state index contributed by atoms with van der Waals surface area (Å²) in [5.74, 6) is -1.53. The molecule has 3 atom stereocenters. The van der Waals surface area contributed by atoms with E-state index in [1.165, 1.54) is 31.5 Å². The van der Waals surface area contributed by atoms with Gasteiger partial charge in [0.1, 0.15) is 5.82 Å². The normalized spacial score (nSPS) is 20.2. The van der Waals surface area contributed by atoms with E-state index in [2.05, 4.69) is 10.3 Å². The van der Waals surface area contributed by atoms with Crippen molar-refractivity contribution in [1.82, 2.24) is 10.3 Å². The number of aliphatic hydroxyl groups excluding tert-OH is 1. The molecule has 0 radical (unpaired) electrons. The molecular formula is C26H35FN2O7. The standard InChI is InChI=1S/C22H25FN2O6.C4H10O/c1-13-9-15(10-14-3-5-16(23)6-4-14)11-30-12-17(22(28)31-13)25-21(27)19-20(26)18(29-2)7-8-24-19;1-4(2)3-5/h3-8,13,15,17,26H,9-12H2,1-2H3,(H,25,27);4-5H,3H2,1-2H3/t13?,15?,17-;/m0./s1. The summed E-state index contributed by atoms with van der Waals surface area (Å²) in [6, 6.07) is 6.59. The number of esters is 1. The van der Waals surface area contributed by atoms with Crippen LogP contribution in [0.4, 0.5) is 4.39 Å². The second kappa shape index (κ2) is 14.4. The molecule has 1 fully saturated rings. The van der Waals surface area contributed by atoms with Crippen molar-refractivity contribution in [2.75, 3.05) is 26.9 Å². The number of aromatic hydroxyl groups is 1. The minimum absolute atomic E-state index is 0.0480. The zero-order chi connectivity index (χ0) is 26.7. The lowest BCUT2D eigenvalue weighted by Gasteiger charge is -2.20. The number of pyridine rings is 1. The molecule has 0 saturated carbocycles. The second-order valence-electron chi connectivity index (χ2n) is 9.03. The molecule has 3 rings (SSSR count). The molecule has 9 nitrogen and oxygen atoms in total. The number of methoxy groups -OCH3 is 1. The van der Waals surface area contributed by atoms with Crippen LogP contribution in [0.2, 0.25) is 0 Å². The van der Waals surface area contributed by atoms with Crippen molar-refractivity contribution >= 4 is 11.9 Å². The molecule has 198 valence electrons. The summed E-state index contributed by atoms with van der Waals surface area (Å²) < 4.78 is 29.3. The third-order valence-electron chi connectivity index (χ3n) is 5.34. The van der Waals surface area contributed by atoms with Crippen LogP contribution in [0.1, 0.15) is 43.2 Å². The first-order valence-corrected chi connectivity index (χ1v) is 11.8. The summed E-state index contributed by atoms with van der Waals surface area (Å²) >= 11 is 0. The number of hydrogen-bond donors (Lipinski definition) is 3. The van der Waals surface area contributed by atoms with Crippen LogP contribution in [0.5, 0.6) is 11.5 Å². The van der Waals surface area contributed by atoms with Gasteiger partial charge in [0, 0.05) is 25.5 Å². The fraction of sp³-hybridized carbons (Fsp3) is 0.500. The first-order valence-electron chi connectivity index (χ1n) is 11.8. The number of rotatable bonds is 6. The van der Waals surface area contributed by atoms with E-state index in [1.807, 2.05) is 13.8 Å². The van der Waals surface area contributed by atoms with Gasteiger partial charge in [-0.05, 0) is 49.3 Å². The number of nitrogens with one attached hydrogen (secondary N) is 1. The monoisotopic (exact) mass is 506 g/mol. The highest BCUT2D eigenvalue weighted by molar-refractivity contribution is 5.98. The van der Waals surface area contributed by atoms with Crippen LogP contribution in [0.25, 0.3) is 0 Å². The lowest BCUT2D eigenvalue weighted by atomic mass is 9.95. The first-order chi connectivity index (χ1) is 17.1. The van der Waals surface area contributed by atoms with Crippen LogP contribution < -0.4 is 10.1 Å². The molecule has 0 aliphatic carbocycles. The Labute approximate surface area is 210 Å². The van der Waals surface area contributed by atoms with Crippen LogP contribution in [0.15, 0.2) is 36.5 Å². The van der Waals surface area contributed by atoms with Crippen molar-refractivity contribution < 1.29 is 38.4 Å². The lowest BCUT2D eigenvalue weighted by molar-refractivity contribution is -0.151. The maximum absolute atomic E-state index is 13.1. The van der Waals surface area contributed by atoms with Gasteiger partial charge < -0.3 is 29.7 Å². The quantitative estimate of drug-likeness (QED) is 0.511. The second-order valence-corrected chi connectivity index (χ2v) is 9.03. The minimum atomic E-state index is -1.06. The average Bonchev–Trinajstić information content (AvgIpc) is 2.90. The number of nitrogens with zero attached hydrogens (tertiary/aromatic N) is 1. The predicted molar refractivity (Wildman–Crippen MR) is 130 cm³/mol. The minimum Gasteiger partial charge on any atom is -0.503 e. The van der Waals surface area contributed by atoms with Crippen LogP contribution >= 0.6 is 0 Å². The third kappa shape index (κ3) is 9.09. The molecule has 1 amide bonds. The average molecular weight is 507 g/mol. The molecule has 2 heterocycles. The number of amides is 1. The summed E-state index contributed by atoms with van der Waals surface area (Å²) in [5.41, 5.74) is 0.687. The van der Waals surface area contributed by atoms with E-state index in [1.54, 1.807) is 19.1 Å². The Kier molecular flexibility index (Phi) is 11.6. The van der Waals surface area contributed by atoms with E-state index in [4.69, 9.17) is 19.3 Å². The maximum Gasteiger partial charge on any atom is 0.331 e. The molecule has 10 heteroatoms. The van der Waals surface area contributed by atoms with Crippen LogP contribution in [-0.4, -0.2) is 66.1 Å². The van der Waals surface area contributed by atoms with Gasteiger partial charge in [0.2, 0.25) is 0 Å². The Bertz CT molecular complexity index is 985. The number of ether oxygens (including phenoxy) is 3. The smallest absolute Gasteiger partial charge is 0.331 e. The van der Waals surface area contributed by atoms with Gasteiger partial charge in [-0.3, -0.25) is 4.79 Å². The van der Waals surface area contributed by atoms with E-state index in [0.717, 1.165) is 5.56 Å². The molecule has 1 aliphatic rings. The fourth-order valence-corrected chi connectivity index (χ4v) is 3.48. The van der Waals surface area contributed by atoms with Gasteiger partial charge in [-0.1, -0.05) is 26.0 Å². The van der Waals surface area contributed by atoms with E-state index >= 15 is 0 Å². The van der Waals surface area contributed by atoms with E-state index in [-0.39, 0.29) is 29.8 Å². The number of aliphatic hydroxyl groups is 1. The van der Waals surface area contributed by atoms with Crippen molar-refractivity contribution in [3.05, 3.63) is 53.6 Å². The van der Waals surface area contributed by atoms with Crippen molar-refractivity contribution in [2.45, 2.75) is 45.8 Å². The maximum atomic E-state index is 13.1. The Morgan fingerprint density at radius 1 is 1.25 bits per heavy atom. The molecule has 1 aromatic carbocycles. The van der Waals surface area contributed by atoms with Crippen molar-refractivity contribution in [3.8, 4) is 11.5 Å². The summed E-state index contributed by atoms with van der Waals surface area (Å²) in [6.07, 6.45) is 2.11. The number of carbonyl (C=O) groups is 2. The number of halogens is 1. The first kappa shape index (κ1) is 29.0. The molecule has 0 spiro atoms. The van der Waals surface area contributed by atoms with Gasteiger partial charge in [0.15, 0.2) is 23.2 Å². The number of cyclic esters (lactones) is 1. The van der Waals surface area contributed by atoms with E-state index < -0.39 is 29.8 Å². The number of aromatic nitrogens is 1. The Balaban J connectivity index is 0.000000830. The molecule has 1 saturated heterocycles. The van der Waals surface area contributed by atoms with Gasteiger partial charge in [0.25, 0.3) is 5.91 Å². The summed E-state index contributed by atoms with van der Waals surface area (Å²) in [4.78, 5) is 29.0. The molecule has 36 heavy (non-hydrogen) atoms. The fourth-order valence-electron chi connectivity index (χ4n) is 3.48. The molecular weight excluding hydrogens is 471 g/mol. The Morgan fingerprint density at radius 2 is 1.92 bits per heavy atom. The number of benzene rings is 1. The Hall–Kier alpha value is -3.24. The van der Waals surface area contributed by atoms with Crippen LogP contribution in [0.3, 0.4) is 0 Å². The summed E-state index contributed by atoms with van der Waals surface area (Å²) in [6.45, 7) is 6.27. The number of hydrogen-bond acceptors (Lipinski definition) is 8. The van der Waals surface area contributed by atoms with Crippen molar-refractivity contribution in [1.29, 1.82) is 0 Å². The highest BCUT2D eigenvalue weighted by Crippen LogP contribution is 2.27. The predicted octanol–water partition coefficient (Wildman–Crippen LogP) is 2.88. The van der Waals surface area contributed by atoms with E-state index in [0.29, 0.717) is 32.0 Å². The zero-order valence-electron chi connectivity index (χ0n) is 21.1. The zero-order valence-corrected chi connectivity index (χ0v) is 21.1. The largest absolute Gasteiger partial charge is 0.503 e. The molecule has 1 aromatic heterocycles. The summed E-state index contributed by atoms with van der Waals surface area (Å²) in [5, 5.41) is 20.8. The molecule has 3 N–H and O–H groups in total. The molecule has 2 aromatic rings. The van der Waals surface area contributed by atoms with E-state index in [9.17, 15) is 19.1 Å². The third-order valence-corrected chi connectivity index (χ3v) is 5.34.